The average molecular weight is 336 g/mol. The van der Waals surface area contributed by atoms with Crippen molar-refractivity contribution in [3.63, 3.8) is 0 Å². The molecule has 6 heteroatoms. The number of hydrogen-bond donors (Lipinski definition) is 2. The average Bonchev–Trinajstić information content (AvgIpc) is 2.94. The fourth-order valence-electron chi connectivity index (χ4n) is 3.27. The summed E-state index contributed by atoms with van der Waals surface area (Å²) in [5, 5.41) is 20.6. The summed E-state index contributed by atoms with van der Waals surface area (Å²) in [7, 11) is 0. The number of aliphatic hydroxyl groups is 1. The molecule has 0 saturated carbocycles. The number of aromatic nitrogens is 1. The van der Waals surface area contributed by atoms with Crippen LogP contribution in [0.4, 0.5) is 10.8 Å². The van der Waals surface area contributed by atoms with Crippen molar-refractivity contribution in [2.45, 2.75) is 19.6 Å². The molecule has 3 aromatic rings. The Morgan fingerprint density at radius 2 is 2.21 bits per heavy atom. The van der Waals surface area contributed by atoms with Gasteiger partial charge in [0.25, 0.3) is 0 Å². The molecule has 1 aliphatic rings. The normalized spacial score (nSPS) is 13.8. The van der Waals surface area contributed by atoms with Crippen LogP contribution >= 0.6 is 11.3 Å². The van der Waals surface area contributed by atoms with Gasteiger partial charge in [-0.15, -0.1) is 11.3 Å². The molecule has 0 spiro atoms. The van der Waals surface area contributed by atoms with Crippen LogP contribution in [0.2, 0.25) is 0 Å². The number of benzene rings is 1. The van der Waals surface area contributed by atoms with E-state index in [1.54, 1.807) is 0 Å². The molecule has 1 aliphatic heterocycles. The monoisotopic (exact) mass is 336 g/mol. The molecule has 2 aromatic heterocycles. The minimum atomic E-state index is -0.0491. The predicted molar refractivity (Wildman–Crippen MR) is 95.9 cm³/mol. The van der Waals surface area contributed by atoms with Crippen molar-refractivity contribution in [1.29, 1.82) is 5.26 Å². The van der Waals surface area contributed by atoms with Crippen LogP contribution in [0, 0.1) is 11.3 Å². The van der Waals surface area contributed by atoms with Gasteiger partial charge in [0.05, 0.1) is 24.2 Å². The van der Waals surface area contributed by atoms with Gasteiger partial charge in [-0.05, 0) is 24.1 Å². The smallest absolute Gasteiger partial charge is 0.135 e. The van der Waals surface area contributed by atoms with Gasteiger partial charge in [0.1, 0.15) is 16.9 Å². The number of anilines is 2. The molecule has 5 nitrogen and oxygen atoms in total. The van der Waals surface area contributed by atoms with Crippen molar-refractivity contribution in [3.05, 3.63) is 51.9 Å². The van der Waals surface area contributed by atoms with E-state index in [0.717, 1.165) is 45.7 Å². The van der Waals surface area contributed by atoms with Crippen molar-refractivity contribution in [3.8, 4) is 6.07 Å². The lowest BCUT2D eigenvalue weighted by Gasteiger charge is -2.29. The van der Waals surface area contributed by atoms with Gasteiger partial charge in [-0.2, -0.15) is 5.26 Å². The highest BCUT2D eigenvalue weighted by Gasteiger charge is 2.25. The maximum absolute atomic E-state index is 9.76. The molecule has 24 heavy (non-hydrogen) atoms. The molecular weight excluding hydrogens is 320 g/mol. The van der Waals surface area contributed by atoms with Gasteiger partial charge < -0.3 is 15.7 Å². The van der Waals surface area contributed by atoms with Gasteiger partial charge >= 0.3 is 0 Å². The Morgan fingerprint density at radius 1 is 1.38 bits per heavy atom. The second-order valence-corrected chi connectivity index (χ2v) is 6.99. The van der Waals surface area contributed by atoms with Crippen LogP contribution in [0.5, 0.6) is 0 Å². The molecule has 1 aromatic carbocycles. The molecular formula is C18H16N4OS. The van der Waals surface area contributed by atoms with Crippen LogP contribution in [0.3, 0.4) is 0 Å². The van der Waals surface area contributed by atoms with Crippen LogP contribution in [0.25, 0.3) is 10.9 Å². The molecule has 0 amide bonds. The zero-order chi connectivity index (χ0) is 16.7. The summed E-state index contributed by atoms with van der Waals surface area (Å²) < 4.78 is 0. The van der Waals surface area contributed by atoms with E-state index in [1.807, 2.05) is 30.3 Å². The van der Waals surface area contributed by atoms with Crippen molar-refractivity contribution >= 4 is 33.1 Å². The molecule has 0 bridgehead atoms. The quantitative estimate of drug-likeness (QED) is 0.751. The van der Waals surface area contributed by atoms with Crippen LogP contribution in [-0.4, -0.2) is 16.6 Å². The number of thiophene rings is 1. The lowest BCUT2D eigenvalue weighted by molar-refractivity contribution is 0.281. The first kappa shape index (κ1) is 14.9. The number of para-hydroxylation sites is 1. The van der Waals surface area contributed by atoms with Gasteiger partial charge in [-0.3, -0.25) is 0 Å². The summed E-state index contributed by atoms with van der Waals surface area (Å²) >= 11 is 1.48. The number of fused-ring (bicyclic) bond motifs is 2. The third kappa shape index (κ3) is 2.30. The number of nitrogen functional groups attached to an aromatic ring is 1. The molecule has 0 radical (unpaired) electrons. The number of nitrogens with two attached hydrogens (primary N) is 1. The van der Waals surface area contributed by atoms with Crippen LogP contribution in [0.1, 0.15) is 21.6 Å². The first-order chi connectivity index (χ1) is 11.7. The standard InChI is InChI=1S/C18H16N4OS/c19-8-14-13-5-6-22(9-16(13)24-17(14)20)18-12(10-23)7-11-3-1-2-4-15(11)21-18/h1-4,7,23H,5-6,9-10,20H2. The summed E-state index contributed by atoms with van der Waals surface area (Å²) in [5.74, 6) is 0.812. The van der Waals surface area contributed by atoms with E-state index in [-0.39, 0.29) is 6.61 Å². The zero-order valence-corrected chi connectivity index (χ0v) is 13.8. The van der Waals surface area contributed by atoms with Gasteiger partial charge in [0, 0.05) is 22.4 Å². The van der Waals surface area contributed by atoms with E-state index in [2.05, 4.69) is 11.0 Å². The number of nitriles is 1. The summed E-state index contributed by atoms with van der Waals surface area (Å²) in [5.41, 5.74) is 9.41. The number of pyridine rings is 1. The molecule has 0 unspecified atom stereocenters. The third-order valence-corrected chi connectivity index (χ3v) is 5.49. The SMILES string of the molecule is N#Cc1c(N)sc2c1CCN(c1nc3ccccc3cc1CO)C2. The fourth-order valence-corrected chi connectivity index (χ4v) is 4.35. The molecule has 120 valence electrons. The van der Waals surface area contributed by atoms with E-state index in [1.165, 1.54) is 11.3 Å². The number of aliphatic hydroxyl groups excluding tert-OH is 1. The minimum Gasteiger partial charge on any atom is -0.392 e. The highest BCUT2D eigenvalue weighted by molar-refractivity contribution is 7.16. The topological polar surface area (TPSA) is 86.2 Å². The molecule has 3 N–H and O–H groups in total. The van der Waals surface area contributed by atoms with Crippen molar-refractivity contribution in [2.75, 3.05) is 17.2 Å². The molecule has 0 aliphatic carbocycles. The van der Waals surface area contributed by atoms with Crippen molar-refractivity contribution in [2.24, 2.45) is 0 Å². The van der Waals surface area contributed by atoms with E-state index in [4.69, 9.17) is 10.7 Å². The summed E-state index contributed by atoms with van der Waals surface area (Å²) in [4.78, 5) is 8.05. The van der Waals surface area contributed by atoms with Gasteiger partial charge in [0.2, 0.25) is 0 Å². The van der Waals surface area contributed by atoms with Crippen molar-refractivity contribution in [1.82, 2.24) is 4.98 Å². The zero-order valence-electron chi connectivity index (χ0n) is 13.0. The fraction of sp³-hybridized carbons (Fsp3) is 0.222. The number of rotatable bonds is 2. The minimum absolute atomic E-state index is 0.0491. The molecule has 0 fully saturated rings. The van der Waals surface area contributed by atoms with Gasteiger partial charge in [-0.25, -0.2) is 4.98 Å². The Labute approximate surface area is 143 Å². The summed E-state index contributed by atoms with van der Waals surface area (Å²) in [6.07, 6.45) is 0.769. The molecule has 4 rings (SSSR count). The Kier molecular flexibility index (Phi) is 3.60. The second-order valence-electron chi connectivity index (χ2n) is 5.85. The Bertz CT molecular complexity index is 973. The molecule has 3 heterocycles. The second kappa shape index (κ2) is 5.78. The Morgan fingerprint density at radius 3 is 3.00 bits per heavy atom. The summed E-state index contributed by atoms with van der Waals surface area (Å²) in [6, 6.07) is 12.1. The third-order valence-electron chi connectivity index (χ3n) is 4.45. The lowest BCUT2D eigenvalue weighted by atomic mass is 10.0. The molecule has 0 saturated heterocycles. The van der Waals surface area contributed by atoms with E-state index in [9.17, 15) is 10.4 Å². The maximum atomic E-state index is 9.76. The number of nitrogens with zero attached hydrogens (tertiary/aromatic N) is 3. The Balaban J connectivity index is 1.77. The first-order valence-electron chi connectivity index (χ1n) is 7.76. The van der Waals surface area contributed by atoms with Crippen LogP contribution in [-0.2, 0) is 19.6 Å². The molecule has 0 atom stereocenters. The van der Waals surface area contributed by atoms with Crippen molar-refractivity contribution < 1.29 is 5.11 Å². The largest absolute Gasteiger partial charge is 0.392 e. The number of hydrogen-bond acceptors (Lipinski definition) is 6. The summed E-state index contributed by atoms with van der Waals surface area (Å²) in [6.45, 7) is 1.38. The first-order valence-corrected chi connectivity index (χ1v) is 8.57. The maximum Gasteiger partial charge on any atom is 0.135 e. The van der Waals surface area contributed by atoms with Crippen LogP contribution in [0.15, 0.2) is 30.3 Å². The lowest BCUT2D eigenvalue weighted by Crippen LogP contribution is -2.31. The predicted octanol–water partition coefficient (Wildman–Crippen LogP) is 2.81. The van der Waals surface area contributed by atoms with Crippen LogP contribution < -0.4 is 10.6 Å². The highest BCUT2D eigenvalue weighted by atomic mass is 32.1. The van der Waals surface area contributed by atoms with E-state index < -0.39 is 0 Å². The van der Waals surface area contributed by atoms with E-state index in [0.29, 0.717) is 17.1 Å². The van der Waals surface area contributed by atoms with Gasteiger partial charge in [-0.1, -0.05) is 18.2 Å². The Hall–Kier alpha value is -2.62. The van der Waals surface area contributed by atoms with Gasteiger partial charge in [0.15, 0.2) is 0 Å². The highest BCUT2D eigenvalue weighted by Crippen LogP contribution is 2.36. The van der Waals surface area contributed by atoms with E-state index >= 15 is 0 Å².